The molecule has 1 aromatic heterocycles. The van der Waals surface area contributed by atoms with E-state index in [0.29, 0.717) is 5.16 Å². The van der Waals surface area contributed by atoms with Gasteiger partial charge in [-0.25, -0.2) is 4.98 Å². The minimum Gasteiger partial charge on any atom is -0.301 e. The lowest BCUT2D eigenvalue weighted by Gasteiger charge is -2.03. The number of benzene rings is 1. The predicted octanol–water partition coefficient (Wildman–Crippen LogP) is 3.13. The first-order valence-electron chi connectivity index (χ1n) is 5.09. The largest absolute Gasteiger partial charge is 0.301 e. The molecule has 5 heteroatoms. The quantitative estimate of drug-likeness (QED) is 0.700. The van der Waals surface area contributed by atoms with Gasteiger partial charge in [0.1, 0.15) is 0 Å². The van der Waals surface area contributed by atoms with Crippen molar-refractivity contribution in [3.63, 3.8) is 0 Å². The Labute approximate surface area is 112 Å². The Bertz CT molecular complexity index is 583. The van der Waals surface area contributed by atoms with Gasteiger partial charge in [0.25, 0.3) is 5.56 Å². The molecule has 1 aromatic carbocycles. The average molecular weight is 311 g/mol. The summed E-state index contributed by atoms with van der Waals surface area (Å²) in [6, 6.07) is 9.51. The molecule has 0 saturated carbocycles. The van der Waals surface area contributed by atoms with E-state index in [4.69, 9.17) is 0 Å². The number of nitrogens with one attached hydrogen (secondary N) is 1. The maximum Gasteiger partial charge on any atom is 0.251 e. The Kier molecular flexibility index (Phi) is 4.02. The van der Waals surface area contributed by atoms with Crippen molar-refractivity contribution in [2.75, 3.05) is 0 Å². The summed E-state index contributed by atoms with van der Waals surface area (Å²) >= 11 is 5.01. The summed E-state index contributed by atoms with van der Waals surface area (Å²) in [5.41, 5.74) is 1.82. The van der Waals surface area contributed by atoms with Gasteiger partial charge >= 0.3 is 0 Å². The van der Waals surface area contributed by atoms with Crippen molar-refractivity contribution in [2.45, 2.75) is 17.8 Å². The molecule has 88 valence electrons. The molecule has 0 atom stereocenters. The van der Waals surface area contributed by atoms with Gasteiger partial charge in [0, 0.05) is 22.0 Å². The Morgan fingerprint density at radius 1 is 1.41 bits per heavy atom. The molecule has 0 fully saturated rings. The number of rotatable bonds is 3. The van der Waals surface area contributed by atoms with Crippen molar-refractivity contribution in [3.8, 4) is 0 Å². The lowest BCUT2D eigenvalue weighted by atomic mass is 10.2. The van der Waals surface area contributed by atoms with Gasteiger partial charge in [0.05, 0.1) is 0 Å². The number of aromatic nitrogens is 2. The van der Waals surface area contributed by atoms with Crippen LogP contribution >= 0.6 is 27.7 Å². The summed E-state index contributed by atoms with van der Waals surface area (Å²) in [6.45, 7) is 1.82. The highest BCUT2D eigenvalue weighted by Crippen LogP contribution is 2.24. The van der Waals surface area contributed by atoms with Crippen LogP contribution in [0.5, 0.6) is 0 Å². The van der Waals surface area contributed by atoms with E-state index >= 15 is 0 Å². The fourth-order valence-electron chi connectivity index (χ4n) is 1.38. The number of thioether (sulfide) groups is 1. The third-order valence-corrected chi connectivity index (χ3v) is 3.87. The molecule has 2 aromatic rings. The number of hydrogen-bond donors (Lipinski definition) is 1. The first kappa shape index (κ1) is 12.4. The van der Waals surface area contributed by atoms with Crippen molar-refractivity contribution in [1.29, 1.82) is 0 Å². The van der Waals surface area contributed by atoms with Crippen LogP contribution in [0.2, 0.25) is 0 Å². The third-order valence-electron chi connectivity index (χ3n) is 2.17. The fraction of sp³-hybridized carbons (Fsp3) is 0.167. The third kappa shape index (κ3) is 3.44. The molecule has 0 radical (unpaired) electrons. The monoisotopic (exact) mass is 310 g/mol. The molecular formula is C12H11BrN2OS. The average Bonchev–Trinajstić information content (AvgIpc) is 2.27. The topological polar surface area (TPSA) is 45.8 Å². The minimum atomic E-state index is -0.105. The highest BCUT2D eigenvalue weighted by atomic mass is 79.9. The molecule has 1 heterocycles. The van der Waals surface area contributed by atoms with Crippen LogP contribution in [-0.4, -0.2) is 9.97 Å². The van der Waals surface area contributed by atoms with Crippen LogP contribution in [0.15, 0.2) is 44.8 Å². The van der Waals surface area contributed by atoms with Crippen molar-refractivity contribution >= 4 is 27.7 Å². The van der Waals surface area contributed by atoms with Crippen LogP contribution in [0.1, 0.15) is 11.3 Å². The Balaban J connectivity index is 2.13. The number of aryl methyl sites for hydroxylation is 1. The van der Waals surface area contributed by atoms with Gasteiger partial charge in [-0.1, -0.05) is 45.9 Å². The van der Waals surface area contributed by atoms with Crippen molar-refractivity contribution in [1.82, 2.24) is 9.97 Å². The standard InChI is InChI=1S/C12H11BrN2OS/c1-8-6-11(16)15-12(14-8)17-7-9-4-2-3-5-10(9)13/h2-6H,7H2,1H3,(H,14,15,16). The SMILES string of the molecule is Cc1cc(=O)[nH]c(SCc2ccccc2Br)n1. The number of aromatic amines is 1. The number of H-pyrrole nitrogens is 1. The highest BCUT2D eigenvalue weighted by molar-refractivity contribution is 9.10. The van der Waals surface area contributed by atoms with Gasteiger partial charge in [0.15, 0.2) is 5.16 Å². The van der Waals surface area contributed by atoms with E-state index in [1.807, 2.05) is 31.2 Å². The van der Waals surface area contributed by atoms with E-state index < -0.39 is 0 Å². The van der Waals surface area contributed by atoms with Crippen LogP contribution in [0.25, 0.3) is 0 Å². The zero-order valence-corrected chi connectivity index (χ0v) is 11.6. The highest BCUT2D eigenvalue weighted by Gasteiger charge is 2.02. The van der Waals surface area contributed by atoms with E-state index in [1.165, 1.54) is 23.4 Å². The van der Waals surface area contributed by atoms with Gasteiger partial charge in [0.2, 0.25) is 0 Å². The van der Waals surface area contributed by atoms with E-state index in [0.717, 1.165) is 15.9 Å². The lowest BCUT2D eigenvalue weighted by molar-refractivity contribution is 0.905. The molecule has 0 saturated heterocycles. The second-order valence-electron chi connectivity index (χ2n) is 3.57. The Hall–Kier alpha value is -1.07. The van der Waals surface area contributed by atoms with Crippen LogP contribution in [0.3, 0.4) is 0 Å². The van der Waals surface area contributed by atoms with Gasteiger partial charge in [-0.15, -0.1) is 0 Å². The van der Waals surface area contributed by atoms with Crippen LogP contribution in [0.4, 0.5) is 0 Å². The molecule has 0 bridgehead atoms. The van der Waals surface area contributed by atoms with Gasteiger partial charge < -0.3 is 4.98 Å². The molecule has 3 nitrogen and oxygen atoms in total. The van der Waals surface area contributed by atoms with Crippen LogP contribution < -0.4 is 5.56 Å². The normalized spacial score (nSPS) is 10.5. The summed E-state index contributed by atoms with van der Waals surface area (Å²) in [7, 11) is 0. The smallest absolute Gasteiger partial charge is 0.251 e. The number of hydrogen-bond acceptors (Lipinski definition) is 3. The summed E-state index contributed by atoms with van der Waals surface area (Å²) in [5, 5.41) is 0.658. The molecule has 0 amide bonds. The Morgan fingerprint density at radius 2 is 2.18 bits per heavy atom. The van der Waals surface area contributed by atoms with Crippen molar-refractivity contribution in [3.05, 3.63) is 56.4 Å². The van der Waals surface area contributed by atoms with Gasteiger partial charge in [-0.3, -0.25) is 4.79 Å². The predicted molar refractivity (Wildman–Crippen MR) is 73.3 cm³/mol. The van der Waals surface area contributed by atoms with E-state index in [1.54, 1.807) is 0 Å². The molecule has 0 aliphatic carbocycles. The van der Waals surface area contributed by atoms with Gasteiger partial charge in [-0.2, -0.15) is 0 Å². The second kappa shape index (κ2) is 5.51. The van der Waals surface area contributed by atoms with E-state index in [2.05, 4.69) is 25.9 Å². The zero-order valence-electron chi connectivity index (χ0n) is 9.24. The molecule has 2 rings (SSSR count). The Morgan fingerprint density at radius 3 is 2.88 bits per heavy atom. The molecule has 0 unspecified atom stereocenters. The molecular weight excluding hydrogens is 300 g/mol. The van der Waals surface area contributed by atoms with Gasteiger partial charge in [-0.05, 0) is 18.6 Å². The van der Waals surface area contributed by atoms with Crippen LogP contribution in [-0.2, 0) is 5.75 Å². The van der Waals surface area contributed by atoms with E-state index in [-0.39, 0.29) is 5.56 Å². The molecule has 0 aliphatic rings. The second-order valence-corrected chi connectivity index (χ2v) is 5.39. The summed E-state index contributed by atoms with van der Waals surface area (Å²) < 4.78 is 1.07. The molecule has 1 N–H and O–H groups in total. The molecule has 0 spiro atoms. The number of halogens is 1. The number of nitrogens with zero attached hydrogens (tertiary/aromatic N) is 1. The van der Waals surface area contributed by atoms with Crippen molar-refractivity contribution < 1.29 is 0 Å². The zero-order chi connectivity index (χ0) is 12.3. The first-order chi connectivity index (χ1) is 8.15. The summed E-state index contributed by atoms with van der Waals surface area (Å²) in [6.07, 6.45) is 0. The molecule has 17 heavy (non-hydrogen) atoms. The van der Waals surface area contributed by atoms with Crippen LogP contribution in [0, 0.1) is 6.92 Å². The summed E-state index contributed by atoms with van der Waals surface area (Å²) in [4.78, 5) is 18.3. The maximum absolute atomic E-state index is 11.3. The van der Waals surface area contributed by atoms with E-state index in [9.17, 15) is 4.79 Å². The first-order valence-corrected chi connectivity index (χ1v) is 6.87. The minimum absolute atomic E-state index is 0.105. The maximum atomic E-state index is 11.3. The van der Waals surface area contributed by atoms with Crippen molar-refractivity contribution in [2.24, 2.45) is 0 Å². The molecule has 0 aliphatic heterocycles. The summed E-state index contributed by atoms with van der Waals surface area (Å²) in [5.74, 6) is 0.772. The fourth-order valence-corrected chi connectivity index (χ4v) is 2.92. The lowest BCUT2D eigenvalue weighted by Crippen LogP contribution is -2.08.